The summed E-state index contributed by atoms with van der Waals surface area (Å²) in [4.78, 5) is 29.2. The Hall–Kier alpha value is -6.79. The van der Waals surface area contributed by atoms with Crippen LogP contribution in [-0.2, 0) is 19.0 Å². The standard InChI is InChI=1S/C47H28F3NO2.C3H6/c48-47(49,50)43-34-12-4-6-14-36(34)44(37-15-7-5-13-35(37)43)51-41-16-8-3-9-28(41)18-21-33-32-20-17-27(23-31(32)19-22-42(33)51)24-40-45(52)38-25-29-10-1-2-11-30(29)26-39(38)46(40)53;1-3-2/h1-17,19-20,22-26H,18,21H2;3H,1H2,2H3. The Morgan fingerprint density at radius 2 is 1.14 bits per heavy atom. The third kappa shape index (κ3) is 5.60. The molecule has 1 aliphatic heterocycles. The van der Waals surface area contributed by atoms with Crippen LogP contribution in [0.15, 0.2) is 158 Å². The maximum absolute atomic E-state index is 14.8. The second-order valence-electron chi connectivity index (χ2n) is 14.2. The second-order valence-corrected chi connectivity index (χ2v) is 14.2. The minimum absolute atomic E-state index is 0.145. The molecule has 0 bridgehead atoms. The van der Waals surface area contributed by atoms with Gasteiger partial charge in [0.25, 0.3) is 0 Å². The number of hydrogen-bond acceptors (Lipinski definition) is 3. The minimum Gasteiger partial charge on any atom is -0.309 e. The molecule has 0 radical (unpaired) electrons. The Labute approximate surface area is 321 Å². The quantitative estimate of drug-likeness (QED) is 0.0767. The molecule has 0 atom stereocenters. The van der Waals surface area contributed by atoms with Gasteiger partial charge in [0.1, 0.15) is 0 Å². The van der Waals surface area contributed by atoms with Gasteiger partial charge in [0.05, 0.1) is 22.5 Å². The lowest BCUT2D eigenvalue weighted by molar-refractivity contribution is -0.135. The number of para-hydroxylation sites is 1. The monoisotopic (exact) mass is 737 g/mol. The highest BCUT2D eigenvalue weighted by atomic mass is 19.4. The molecular formula is C50H34F3NO2. The number of alkyl halides is 3. The van der Waals surface area contributed by atoms with E-state index in [9.17, 15) is 22.8 Å². The molecule has 0 N–H and O–H groups in total. The van der Waals surface area contributed by atoms with Crippen molar-refractivity contribution in [3.8, 4) is 0 Å². The lowest BCUT2D eigenvalue weighted by Crippen LogP contribution is -2.15. The van der Waals surface area contributed by atoms with Gasteiger partial charge in [-0.2, -0.15) is 13.2 Å². The van der Waals surface area contributed by atoms with Gasteiger partial charge in [0, 0.05) is 27.6 Å². The number of carbonyl (C=O) groups excluding carboxylic acids is 2. The van der Waals surface area contributed by atoms with Crippen LogP contribution in [0, 0.1) is 0 Å². The zero-order valence-electron chi connectivity index (χ0n) is 30.5. The summed E-state index contributed by atoms with van der Waals surface area (Å²) in [5.74, 6) is -0.552. The third-order valence-electron chi connectivity index (χ3n) is 10.8. The molecule has 2 aliphatic rings. The zero-order chi connectivity index (χ0) is 38.7. The Morgan fingerprint density at radius 3 is 1.75 bits per heavy atom. The highest BCUT2D eigenvalue weighted by Crippen LogP contribution is 2.52. The molecule has 10 rings (SSSR count). The minimum atomic E-state index is -4.56. The average molecular weight is 738 g/mol. The number of carbonyl (C=O) groups is 2. The normalized spacial score (nSPS) is 13.6. The fourth-order valence-electron chi connectivity index (χ4n) is 8.49. The van der Waals surface area contributed by atoms with Crippen LogP contribution in [0.3, 0.4) is 0 Å². The van der Waals surface area contributed by atoms with E-state index in [1.54, 1.807) is 72.8 Å². The number of hydrogen-bond donors (Lipinski definition) is 0. The summed E-state index contributed by atoms with van der Waals surface area (Å²) < 4.78 is 44.4. The van der Waals surface area contributed by atoms with Gasteiger partial charge in [-0.25, -0.2) is 0 Å². The number of nitrogens with zero attached hydrogens (tertiary/aromatic N) is 1. The molecule has 0 fully saturated rings. The first-order valence-electron chi connectivity index (χ1n) is 18.5. The summed E-state index contributed by atoms with van der Waals surface area (Å²) >= 11 is 0. The summed E-state index contributed by atoms with van der Waals surface area (Å²) in [5.41, 5.74) is 5.78. The summed E-state index contributed by atoms with van der Waals surface area (Å²) in [7, 11) is 0. The van der Waals surface area contributed by atoms with Crippen LogP contribution in [0.4, 0.5) is 30.2 Å². The maximum Gasteiger partial charge on any atom is 0.417 e. The molecule has 272 valence electrons. The topological polar surface area (TPSA) is 37.4 Å². The zero-order valence-corrected chi connectivity index (χ0v) is 30.5. The summed E-state index contributed by atoms with van der Waals surface area (Å²) in [6.07, 6.45) is 0.316. The largest absolute Gasteiger partial charge is 0.417 e. The van der Waals surface area contributed by atoms with Gasteiger partial charge in [-0.1, -0.05) is 115 Å². The van der Waals surface area contributed by atoms with Gasteiger partial charge in [-0.05, 0) is 105 Å². The number of ketones is 2. The number of rotatable bonds is 2. The van der Waals surface area contributed by atoms with Gasteiger partial charge >= 0.3 is 6.18 Å². The van der Waals surface area contributed by atoms with Crippen molar-refractivity contribution in [3.05, 3.63) is 191 Å². The predicted molar refractivity (Wildman–Crippen MR) is 223 cm³/mol. The van der Waals surface area contributed by atoms with E-state index in [2.05, 4.69) is 17.5 Å². The summed E-state index contributed by atoms with van der Waals surface area (Å²) in [6.45, 7) is 5.25. The van der Waals surface area contributed by atoms with Crippen molar-refractivity contribution in [2.24, 2.45) is 0 Å². The molecule has 1 heterocycles. The number of Topliss-reactive ketones (excluding diaryl/α,β-unsaturated/α-hetero) is 2. The van der Waals surface area contributed by atoms with Crippen molar-refractivity contribution >= 4 is 77.8 Å². The highest BCUT2D eigenvalue weighted by Gasteiger charge is 2.37. The molecule has 0 spiro atoms. The molecule has 6 heteroatoms. The molecule has 8 aromatic rings. The van der Waals surface area contributed by atoms with E-state index < -0.39 is 11.7 Å². The summed E-state index contributed by atoms with van der Waals surface area (Å²) in [6, 6.07) is 43.0. The van der Waals surface area contributed by atoms with Crippen LogP contribution >= 0.6 is 0 Å². The van der Waals surface area contributed by atoms with Gasteiger partial charge in [0.2, 0.25) is 0 Å². The molecule has 0 saturated carbocycles. The van der Waals surface area contributed by atoms with Crippen molar-refractivity contribution in [1.29, 1.82) is 0 Å². The third-order valence-corrected chi connectivity index (χ3v) is 10.8. The van der Waals surface area contributed by atoms with E-state index in [4.69, 9.17) is 0 Å². The molecule has 3 nitrogen and oxygen atoms in total. The van der Waals surface area contributed by atoms with E-state index in [1.165, 1.54) is 0 Å². The SMILES string of the molecule is C=CC.O=C1C(=Cc2ccc3c4c(ccc3c2)N(c2c3ccccc3c(C(F)(F)F)c3ccccc23)c2ccccc2CC4)C(=O)c2cc3ccccc3cc21. The molecule has 0 unspecified atom stereocenters. The second kappa shape index (κ2) is 13.5. The molecule has 8 aromatic carbocycles. The highest BCUT2D eigenvalue weighted by molar-refractivity contribution is 6.42. The lowest BCUT2D eigenvalue weighted by Gasteiger charge is -2.31. The first kappa shape index (κ1) is 34.9. The van der Waals surface area contributed by atoms with E-state index in [0.29, 0.717) is 34.0 Å². The molecular weight excluding hydrogens is 704 g/mol. The van der Waals surface area contributed by atoms with E-state index in [0.717, 1.165) is 56.0 Å². The van der Waals surface area contributed by atoms with Gasteiger partial charge in [0.15, 0.2) is 11.6 Å². The Bertz CT molecular complexity index is 2880. The number of allylic oxidation sites excluding steroid dienone is 2. The number of anilines is 3. The van der Waals surface area contributed by atoms with Gasteiger partial charge < -0.3 is 4.90 Å². The van der Waals surface area contributed by atoms with E-state index in [1.807, 2.05) is 79.7 Å². The van der Waals surface area contributed by atoms with Crippen LogP contribution in [0.2, 0.25) is 0 Å². The van der Waals surface area contributed by atoms with Crippen molar-refractivity contribution < 1.29 is 22.8 Å². The molecule has 0 amide bonds. The first-order valence-corrected chi connectivity index (χ1v) is 18.5. The summed E-state index contributed by atoms with van der Waals surface area (Å²) in [5, 5.41) is 5.10. The smallest absolute Gasteiger partial charge is 0.309 e. The predicted octanol–water partition coefficient (Wildman–Crippen LogP) is 13.5. The van der Waals surface area contributed by atoms with E-state index >= 15 is 0 Å². The van der Waals surface area contributed by atoms with E-state index in [-0.39, 0.29) is 27.9 Å². The Kier molecular flexibility index (Phi) is 8.43. The van der Waals surface area contributed by atoms with Crippen molar-refractivity contribution in [1.82, 2.24) is 0 Å². The van der Waals surface area contributed by atoms with Gasteiger partial charge in [-0.15, -0.1) is 6.58 Å². The molecule has 1 aliphatic carbocycles. The molecule has 0 saturated heterocycles. The number of aryl methyl sites for hydroxylation is 2. The Morgan fingerprint density at radius 1 is 0.589 bits per heavy atom. The van der Waals surface area contributed by atoms with Crippen molar-refractivity contribution in [2.75, 3.05) is 4.90 Å². The van der Waals surface area contributed by atoms with Crippen LogP contribution in [0.5, 0.6) is 0 Å². The molecule has 56 heavy (non-hydrogen) atoms. The number of halogens is 3. The van der Waals surface area contributed by atoms with Crippen LogP contribution < -0.4 is 4.90 Å². The van der Waals surface area contributed by atoms with Crippen LogP contribution in [-0.4, -0.2) is 11.6 Å². The fourth-order valence-corrected chi connectivity index (χ4v) is 8.49. The fraction of sp³-hybridized carbons (Fsp3) is 0.0800. The van der Waals surface area contributed by atoms with Crippen LogP contribution in [0.25, 0.3) is 49.2 Å². The van der Waals surface area contributed by atoms with Crippen molar-refractivity contribution in [3.63, 3.8) is 0 Å². The average Bonchev–Trinajstić information content (AvgIpc) is 3.32. The van der Waals surface area contributed by atoms with Crippen molar-refractivity contribution in [2.45, 2.75) is 25.9 Å². The van der Waals surface area contributed by atoms with Gasteiger partial charge in [-0.3, -0.25) is 9.59 Å². The van der Waals surface area contributed by atoms with Crippen LogP contribution in [0.1, 0.15) is 49.9 Å². The number of benzene rings is 8. The number of fused-ring (bicyclic) bond motifs is 8. The Balaban J connectivity index is 0.00000133. The molecule has 0 aromatic heterocycles. The maximum atomic E-state index is 14.8. The first-order chi connectivity index (χ1) is 27.2. The lowest BCUT2D eigenvalue weighted by atomic mass is 9.92.